The largest absolute Gasteiger partial charge is 0.497 e. The SMILES string of the molecule is C=CCNc1nc(C(=O)OCC(=O)Nc2cc(OC)ccc2OC)cs1. The molecule has 0 atom stereocenters. The number of thiazole rings is 1. The lowest BCUT2D eigenvalue weighted by molar-refractivity contribution is -0.119. The van der Waals surface area contributed by atoms with E-state index in [1.807, 2.05) is 0 Å². The molecular weight excluding hydrogens is 358 g/mol. The Balaban J connectivity index is 1.91. The van der Waals surface area contributed by atoms with E-state index >= 15 is 0 Å². The van der Waals surface area contributed by atoms with E-state index in [0.29, 0.717) is 28.9 Å². The van der Waals surface area contributed by atoms with Gasteiger partial charge in [-0.25, -0.2) is 9.78 Å². The molecule has 0 unspecified atom stereocenters. The number of methoxy groups -OCH3 is 2. The highest BCUT2D eigenvalue weighted by Crippen LogP contribution is 2.28. The molecule has 1 aromatic carbocycles. The summed E-state index contributed by atoms with van der Waals surface area (Å²) in [6, 6.07) is 4.97. The van der Waals surface area contributed by atoms with Gasteiger partial charge in [0.1, 0.15) is 11.5 Å². The summed E-state index contributed by atoms with van der Waals surface area (Å²) in [4.78, 5) is 28.1. The van der Waals surface area contributed by atoms with Gasteiger partial charge in [-0.3, -0.25) is 4.79 Å². The highest BCUT2D eigenvalue weighted by atomic mass is 32.1. The van der Waals surface area contributed by atoms with Gasteiger partial charge in [-0.2, -0.15) is 0 Å². The summed E-state index contributed by atoms with van der Waals surface area (Å²) in [5.41, 5.74) is 0.547. The first-order chi connectivity index (χ1) is 12.6. The summed E-state index contributed by atoms with van der Waals surface area (Å²) >= 11 is 1.26. The summed E-state index contributed by atoms with van der Waals surface area (Å²) in [5.74, 6) is -0.172. The smallest absolute Gasteiger partial charge is 0.358 e. The zero-order valence-electron chi connectivity index (χ0n) is 14.4. The molecule has 0 aliphatic rings. The number of nitrogens with zero attached hydrogens (tertiary/aromatic N) is 1. The normalized spacial score (nSPS) is 9.92. The number of esters is 1. The molecule has 9 heteroatoms. The Kier molecular flexibility index (Phi) is 6.98. The fourth-order valence-corrected chi connectivity index (χ4v) is 2.60. The van der Waals surface area contributed by atoms with Crippen LogP contribution in [0.3, 0.4) is 0 Å². The van der Waals surface area contributed by atoms with Crippen molar-refractivity contribution in [1.29, 1.82) is 0 Å². The molecule has 0 aliphatic heterocycles. The first kappa shape index (κ1) is 19.3. The second-order valence-electron chi connectivity index (χ2n) is 4.90. The van der Waals surface area contributed by atoms with E-state index in [1.165, 1.54) is 25.6 Å². The van der Waals surface area contributed by atoms with E-state index < -0.39 is 18.5 Å². The van der Waals surface area contributed by atoms with Crippen molar-refractivity contribution < 1.29 is 23.8 Å². The summed E-state index contributed by atoms with van der Waals surface area (Å²) in [5, 5.41) is 7.70. The Morgan fingerprint density at radius 2 is 2.12 bits per heavy atom. The van der Waals surface area contributed by atoms with Gasteiger partial charge in [0, 0.05) is 18.0 Å². The lowest BCUT2D eigenvalue weighted by atomic mass is 10.2. The topological polar surface area (TPSA) is 98.8 Å². The molecule has 138 valence electrons. The van der Waals surface area contributed by atoms with Gasteiger partial charge in [-0.15, -0.1) is 17.9 Å². The predicted molar refractivity (Wildman–Crippen MR) is 99.3 cm³/mol. The van der Waals surface area contributed by atoms with Crippen LogP contribution in [0.4, 0.5) is 10.8 Å². The van der Waals surface area contributed by atoms with Crippen LogP contribution < -0.4 is 20.1 Å². The van der Waals surface area contributed by atoms with Gasteiger partial charge in [-0.05, 0) is 12.1 Å². The molecule has 0 fully saturated rings. The molecule has 2 N–H and O–H groups in total. The summed E-state index contributed by atoms with van der Waals surface area (Å²) in [6.45, 7) is 3.67. The van der Waals surface area contributed by atoms with Gasteiger partial charge in [0.15, 0.2) is 17.4 Å². The van der Waals surface area contributed by atoms with Gasteiger partial charge in [-0.1, -0.05) is 6.08 Å². The van der Waals surface area contributed by atoms with Crippen molar-refractivity contribution in [2.45, 2.75) is 0 Å². The molecular formula is C17H19N3O5S. The first-order valence-corrected chi connectivity index (χ1v) is 8.44. The fourth-order valence-electron chi connectivity index (χ4n) is 1.91. The van der Waals surface area contributed by atoms with Crippen LogP contribution in [0.15, 0.2) is 36.2 Å². The molecule has 0 aliphatic carbocycles. The van der Waals surface area contributed by atoms with Crippen molar-refractivity contribution in [2.24, 2.45) is 0 Å². The van der Waals surface area contributed by atoms with Crippen LogP contribution in [0, 0.1) is 0 Å². The summed E-state index contributed by atoms with van der Waals surface area (Å²) in [7, 11) is 3.00. The molecule has 2 rings (SSSR count). The number of rotatable bonds is 9. The summed E-state index contributed by atoms with van der Waals surface area (Å²) < 4.78 is 15.3. The molecule has 0 radical (unpaired) electrons. The molecule has 8 nitrogen and oxygen atoms in total. The lowest BCUT2D eigenvalue weighted by Gasteiger charge is -2.11. The van der Waals surface area contributed by atoms with E-state index in [1.54, 1.807) is 29.7 Å². The van der Waals surface area contributed by atoms with Crippen LogP contribution in [-0.4, -0.2) is 44.2 Å². The van der Waals surface area contributed by atoms with Crippen LogP contribution in [-0.2, 0) is 9.53 Å². The third-order valence-electron chi connectivity index (χ3n) is 3.13. The number of hydrogen-bond donors (Lipinski definition) is 2. The third-order valence-corrected chi connectivity index (χ3v) is 3.93. The molecule has 0 spiro atoms. The molecule has 0 saturated heterocycles. The molecule has 0 bridgehead atoms. The highest BCUT2D eigenvalue weighted by molar-refractivity contribution is 7.13. The van der Waals surface area contributed by atoms with Crippen molar-refractivity contribution in [1.82, 2.24) is 4.98 Å². The van der Waals surface area contributed by atoms with Gasteiger partial charge in [0.05, 0.1) is 19.9 Å². The van der Waals surface area contributed by atoms with Crippen LogP contribution >= 0.6 is 11.3 Å². The van der Waals surface area contributed by atoms with Gasteiger partial charge in [0.2, 0.25) is 0 Å². The maximum Gasteiger partial charge on any atom is 0.358 e. The number of hydrogen-bond acceptors (Lipinski definition) is 8. The predicted octanol–water partition coefficient (Wildman–Crippen LogP) is 2.55. The van der Waals surface area contributed by atoms with Crippen LogP contribution in [0.5, 0.6) is 11.5 Å². The van der Waals surface area contributed by atoms with Gasteiger partial charge < -0.3 is 24.8 Å². The lowest BCUT2D eigenvalue weighted by Crippen LogP contribution is -2.21. The zero-order chi connectivity index (χ0) is 18.9. The minimum absolute atomic E-state index is 0.133. The van der Waals surface area contributed by atoms with Crippen molar-refractivity contribution in [3.05, 3.63) is 41.9 Å². The maximum absolute atomic E-state index is 12.0. The highest BCUT2D eigenvalue weighted by Gasteiger charge is 2.15. The van der Waals surface area contributed by atoms with Crippen molar-refractivity contribution in [3.8, 4) is 11.5 Å². The number of anilines is 2. The number of carbonyl (C=O) groups excluding carboxylic acids is 2. The minimum Gasteiger partial charge on any atom is -0.497 e. The third kappa shape index (κ3) is 5.21. The number of nitrogens with one attached hydrogen (secondary N) is 2. The van der Waals surface area contributed by atoms with Crippen molar-refractivity contribution >= 4 is 34.0 Å². The standard InChI is InChI=1S/C17H19N3O5S/c1-4-7-18-17-20-13(10-26-17)16(22)25-9-15(21)19-12-8-11(23-2)5-6-14(12)24-3/h4-6,8,10H,1,7,9H2,2-3H3,(H,18,20)(H,19,21). The second kappa shape index (κ2) is 9.42. The van der Waals surface area contributed by atoms with Crippen LogP contribution in [0.1, 0.15) is 10.5 Å². The van der Waals surface area contributed by atoms with E-state index in [9.17, 15) is 9.59 Å². The first-order valence-electron chi connectivity index (χ1n) is 7.56. The molecule has 1 aromatic heterocycles. The fraction of sp³-hybridized carbons (Fsp3) is 0.235. The Morgan fingerprint density at radius 3 is 2.81 bits per heavy atom. The Hall–Kier alpha value is -3.07. The van der Waals surface area contributed by atoms with Gasteiger partial charge >= 0.3 is 5.97 Å². The van der Waals surface area contributed by atoms with Crippen molar-refractivity contribution in [3.63, 3.8) is 0 Å². The van der Waals surface area contributed by atoms with E-state index in [4.69, 9.17) is 14.2 Å². The van der Waals surface area contributed by atoms with E-state index in [-0.39, 0.29) is 5.69 Å². The second-order valence-corrected chi connectivity index (χ2v) is 5.76. The quantitative estimate of drug-likeness (QED) is 0.512. The molecule has 0 saturated carbocycles. The summed E-state index contributed by atoms with van der Waals surface area (Å²) in [6.07, 6.45) is 1.68. The number of ether oxygens (including phenoxy) is 3. The van der Waals surface area contributed by atoms with Gasteiger partial charge in [0.25, 0.3) is 5.91 Å². The monoisotopic (exact) mass is 377 g/mol. The van der Waals surface area contributed by atoms with Crippen LogP contribution in [0.25, 0.3) is 0 Å². The minimum atomic E-state index is -0.680. The zero-order valence-corrected chi connectivity index (χ0v) is 15.2. The molecule has 1 heterocycles. The van der Waals surface area contributed by atoms with Crippen molar-refractivity contribution in [2.75, 3.05) is 38.0 Å². The maximum atomic E-state index is 12.0. The molecule has 1 amide bonds. The Bertz CT molecular complexity index is 790. The number of carbonyl (C=O) groups is 2. The number of aromatic nitrogens is 1. The van der Waals surface area contributed by atoms with E-state index in [2.05, 4.69) is 22.2 Å². The molecule has 2 aromatic rings. The Morgan fingerprint density at radius 1 is 1.31 bits per heavy atom. The number of amides is 1. The van der Waals surface area contributed by atoms with Crippen LogP contribution in [0.2, 0.25) is 0 Å². The average Bonchev–Trinajstić information content (AvgIpc) is 3.13. The average molecular weight is 377 g/mol. The Labute approximate surface area is 154 Å². The molecule has 26 heavy (non-hydrogen) atoms. The number of benzene rings is 1. The van der Waals surface area contributed by atoms with E-state index in [0.717, 1.165) is 0 Å².